The van der Waals surface area contributed by atoms with Gasteiger partial charge in [0.05, 0.1) is 25.9 Å². The number of aromatic nitrogens is 3. The first-order valence-corrected chi connectivity index (χ1v) is 12.3. The number of hydrogen-bond donors (Lipinski definition) is 1. The molecule has 11 nitrogen and oxygen atoms in total. The molecular formula is C27H29N5O6. The van der Waals surface area contributed by atoms with Crippen LogP contribution in [0.1, 0.15) is 24.1 Å². The van der Waals surface area contributed by atoms with E-state index in [9.17, 15) is 9.59 Å². The molecule has 3 aromatic rings. The summed E-state index contributed by atoms with van der Waals surface area (Å²) in [4.78, 5) is 31.9. The number of fused-ring (bicyclic) bond motifs is 1. The summed E-state index contributed by atoms with van der Waals surface area (Å²) >= 11 is 0. The standard InChI is InChI=1S/C27H29N5O6/c1-18-24(26(34)38-15-19-6-4-3-5-7-19)25(32-27(30-18)28-17-29-32)20-8-9-21(22(14-20)35-2)37-16-23(33)31-10-12-36-13-11-31/h3-9,14,17,25H,10-13,15-16H2,1-2H3,(H,28,29,30). The van der Waals surface area contributed by atoms with Gasteiger partial charge in [0.25, 0.3) is 5.91 Å². The highest BCUT2D eigenvalue weighted by Gasteiger charge is 2.35. The molecule has 0 radical (unpaired) electrons. The Labute approximate surface area is 220 Å². The van der Waals surface area contributed by atoms with Crippen LogP contribution >= 0.6 is 0 Å². The highest BCUT2D eigenvalue weighted by molar-refractivity contribution is 5.92. The van der Waals surface area contributed by atoms with E-state index >= 15 is 0 Å². The largest absolute Gasteiger partial charge is 0.493 e. The normalized spacial score (nSPS) is 16.9. The van der Waals surface area contributed by atoms with Gasteiger partial charge in [-0.1, -0.05) is 36.4 Å². The number of anilines is 1. The summed E-state index contributed by atoms with van der Waals surface area (Å²) in [7, 11) is 1.52. The maximum Gasteiger partial charge on any atom is 0.338 e. The highest BCUT2D eigenvalue weighted by atomic mass is 16.5. The van der Waals surface area contributed by atoms with Gasteiger partial charge in [-0.2, -0.15) is 10.1 Å². The van der Waals surface area contributed by atoms with Gasteiger partial charge in [-0.15, -0.1) is 0 Å². The van der Waals surface area contributed by atoms with E-state index in [2.05, 4.69) is 15.4 Å². The zero-order valence-corrected chi connectivity index (χ0v) is 21.3. The number of ether oxygens (including phenoxy) is 4. The number of esters is 1. The molecule has 3 heterocycles. The van der Waals surface area contributed by atoms with Gasteiger partial charge < -0.3 is 29.2 Å². The van der Waals surface area contributed by atoms with Crippen LogP contribution in [0.25, 0.3) is 0 Å². The van der Waals surface area contributed by atoms with Crippen LogP contribution in [0.15, 0.2) is 66.1 Å². The van der Waals surface area contributed by atoms with Crippen molar-refractivity contribution in [3.8, 4) is 11.5 Å². The second-order valence-electron chi connectivity index (χ2n) is 8.85. The Morgan fingerprint density at radius 2 is 1.89 bits per heavy atom. The minimum atomic E-state index is -0.616. The summed E-state index contributed by atoms with van der Waals surface area (Å²) in [5.74, 6) is 0.751. The molecule has 1 amide bonds. The summed E-state index contributed by atoms with van der Waals surface area (Å²) in [5.41, 5.74) is 2.62. The predicted molar refractivity (Wildman–Crippen MR) is 137 cm³/mol. The Balaban J connectivity index is 1.38. The van der Waals surface area contributed by atoms with E-state index in [4.69, 9.17) is 18.9 Å². The fraction of sp³-hybridized carbons (Fsp3) is 0.333. The molecule has 2 aromatic carbocycles. The molecule has 0 spiro atoms. The summed E-state index contributed by atoms with van der Waals surface area (Å²) in [5, 5.41) is 7.49. The topological polar surface area (TPSA) is 117 Å². The van der Waals surface area contributed by atoms with E-state index in [0.29, 0.717) is 60.6 Å². The predicted octanol–water partition coefficient (Wildman–Crippen LogP) is 2.56. The van der Waals surface area contributed by atoms with Gasteiger partial charge in [0.1, 0.15) is 19.0 Å². The molecule has 0 aliphatic carbocycles. The second kappa shape index (κ2) is 11.3. The zero-order valence-electron chi connectivity index (χ0n) is 21.3. The number of allylic oxidation sites excluding steroid dienone is 1. The van der Waals surface area contributed by atoms with Gasteiger partial charge in [-0.3, -0.25) is 4.79 Å². The minimum absolute atomic E-state index is 0.118. The van der Waals surface area contributed by atoms with Crippen LogP contribution in [0.5, 0.6) is 11.5 Å². The summed E-state index contributed by atoms with van der Waals surface area (Å²) in [6.07, 6.45) is 1.42. The van der Waals surface area contributed by atoms with Crippen molar-refractivity contribution in [1.29, 1.82) is 0 Å². The first-order valence-electron chi connectivity index (χ1n) is 12.3. The van der Waals surface area contributed by atoms with Crippen molar-refractivity contribution < 1.29 is 28.5 Å². The highest BCUT2D eigenvalue weighted by Crippen LogP contribution is 2.39. The van der Waals surface area contributed by atoms with Crippen LogP contribution in [0.2, 0.25) is 0 Å². The fourth-order valence-electron chi connectivity index (χ4n) is 4.48. The number of nitrogens with zero attached hydrogens (tertiary/aromatic N) is 4. The molecule has 1 fully saturated rings. The molecule has 11 heteroatoms. The molecule has 1 atom stereocenters. The van der Waals surface area contributed by atoms with Gasteiger partial charge >= 0.3 is 5.97 Å². The number of nitrogens with one attached hydrogen (secondary N) is 1. The van der Waals surface area contributed by atoms with Crippen LogP contribution in [0, 0.1) is 0 Å². The lowest BCUT2D eigenvalue weighted by Gasteiger charge is -2.29. The summed E-state index contributed by atoms with van der Waals surface area (Å²) in [6, 6.07) is 14.2. The number of hydrogen-bond acceptors (Lipinski definition) is 9. The molecule has 38 heavy (non-hydrogen) atoms. The Morgan fingerprint density at radius 1 is 1.11 bits per heavy atom. The summed E-state index contributed by atoms with van der Waals surface area (Å²) in [6.45, 7) is 3.95. The fourth-order valence-corrected chi connectivity index (χ4v) is 4.48. The van der Waals surface area contributed by atoms with E-state index in [-0.39, 0.29) is 19.1 Å². The second-order valence-corrected chi connectivity index (χ2v) is 8.85. The summed E-state index contributed by atoms with van der Waals surface area (Å²) < 4.78 is 24.0. The third-order valence-electron chi connectivity index (χ3n) is 6.45. The zero-order chi connectivity index (χ0) is 26.5. The van der Waals surface area contributed by atoms with Crippen molar-refractivity contribution in [3.05, 3.63) is 77.3 Å². The van der Waals surface area contributed by atoms with Crippen molar-refractivity contribution in [2.45, 2.75) is 19.6 Å². The lowest BCUT2D eigenvalue weighted by atomic mass is 9.95. The van der Waals surface area contributed by atoms with Gasteiger partial charge in [0, 0.05) is 18.8 Å². The monoisotopic (exact) mass is 519 g/mol. The van der Waals surface area contributed by atoms with E-state index < -0.39 is 12.0 Å². The molecule has 2 aliphatic heterocycles. The number of morpholine rings is 1. The molecule has 2 aliphatic rings. The van der Waals surface area contributed by atoms with Crippen molar-refractivity contribution in [3.63, 3.8) is 0 Å². The molecule has 0 bridgehead atoms. The third-order valence-corrected chi connectivity index (χ3v) is 6.45. The average Bonchev–Trinajstić information content (AvgIpc) is 3.43. The Bertz CT molecular complexity index is 1330. The van der Waals surface area contributed by atoms with Crippen LogP contribution < -0.4 is 14.8 Å². The van der Waals surface area contributed by atoms with E-state index in [1.807, 2.05) is 36.4 Å². The molecule has 5 rings (SSSR count). The maximum atomic E-state index is 13.4. The molecule has 0 saturated carbocycles. The molecular weight excluding hydrogens is 490 g/mol. The quantitative estimate of drug-likeness (QED) is 0.448. The Morgan fingerprint density at radius 3 is 2.66 bits per heavy atom. The van der Waals surface area contributed by atoms with Gasteiger partial charge in [0.2, 0.25) is 5.95 Å². The molecule has 1 N–H and O–H groups in total. The van der Waals surface area contributed by atoms with E-state index in [0.717, 1.165) is 5.56 Å². The SMILES string of the molecule is COc1cc(C2C(C(=O)OCc3ccccc3)=C(C)Nc3ncnn32)ccc1OCC(=O)N1CCOCC1. The number of rotatable bonds is 8. The van der Waals surface area contributed by atoms with Gasteiger partial charge in [0.15, 0.2) is 18.1 Å². The van der Waals surface area contributed by atoms with Crippen LogP contribution in [-0.4, -0.2) is 71.6 Å². The van der Waals surface area contributed by atoms with Crippen LogP contribution in [0.3, 0.4) is 0 Å². The number of methoxy groups -OCH3 is 1. The van der Waals surface area contributed by atoms with Crippen LogP contribution in [0.4, 0.5) is 5.95 Å². The lowest BCUT2D eigenvalue weighted by Crippen LogP contribution is -2.43. The minimum Gasteiger partial charge on any atom is -0.493 e. The van der Waals surface area contributed by atoms with Crippen molar-refractivity contribution in [1.82, 2.24) is 19.7 Å². The van der Waals surface area contributed by atoms with Gasteiger partial charge in [-0.05, 0) is 30.2 Å². The Hall–Kier alpha value is -4.38. The van der Waals surface area contributed by atoms with Crippen molar-refractivity contribution >= 4 is 17.8 Å². The Kier molecular flexibility index (Phi) is 7.55. The lowest BCUT2D eigenvalue weighted by molar-refractivity contribution is -0.141. The molecule has 198 valence electrons. The van der Waals surface area contributed by atoms with Gasteiger partial charge in [-0.25, -0.2) is 9.48 Å². The number of benzene rings is 2. The molecule has 1 unspecified atom stereocenters. The first-order chi connectivity index (χ1) is 18.5. The number of carbonyl (C=O) groups excluding carboxylic acids is 2. The number of carbonyl (C=O) groups is 2. The van der Waals surface area contributed by atoms with Crippen LogP contribution in [-0.2, 0) is 25.7 Å². The number of amides is 1. The molecule has 1 saturated heterocycles. The van der Waals surface area contributed by atoms with Crippen molar-refractivity contribution in [2.75, 3.05) is 45.3 Å². The van der Waals surface area contributed by atoms with E-state index in [1.165, 1.54) is 13.4 Å². The molecule has 1 aromatic heterocycles. The average molecular weight is 520 g/mol. The smallest absolute Gasteiger partial charge is 0.338 e. The first kappa shape index (κ1) is 25.3. The van der Waals surface area contributed by atoms with Crippen molar-refractivity contribution in [2.24, 2.45) is 0 Å². The van der Waals surface area contributed by atoms with E-state index in [1.54, 1.807) is 28.6 Å². The maximum absolute atomic E-state index is 13.4. The third kappa shape index (κ3) is 5.32.